The minimum Gasteiger partial charge on any atom is -0.434 e. The zero-order chi connectivity index (χ0) is 16.1. The van der Waals surface area contributed by atoms with E-state index >= 15 is 0 Å². The SMILES string of the molecule is O=C(NCc1ccccc1OC(F)F)c1c(F)cccc1F. The van der Waals surface area contributed by atoms with Crippen molar-refractivity contribution in [3.8, 4) is 5.75 Å². The highest BCUT2D eigenvalue weighted by molar-refractivity contribution is 5.94. The van der Waals surface area contributed by atoms with E-state index in [2.05, 4.69) is 10.1 Å². The van der Waals surface area contributed by atoms with Gasteiger partial charge in [0.15, 0.2) is 0 Å². The van der Waals surface area contributed by atoms with Gasteiger partial charge in [0.05, 0.1) is 0 Å². The van der Waals surface area contributed by atoms with E-state index in [0.29, 0.717) is 0 Å². The van der Waals surface area contributed by atoms with E-state index in [1.165, 1.54) is 18.2 Å². The first-order chi connectivity index (χ1) is 10.5. The van der Waals surface area contributed by atoms with Crippen molar-refractivity contribution in [2.24, 2.45) is 0 Å². The number of halogens is 4. The Morgan fingerprint density at radius 2 is 1.68 bits per heavy atom. The van der Waals surface area contributed by atoms with E-state index < -0.39 is 29.7 Å². The molecule has 1 N–H and O–H groups in total. The molecule has 0 unspecified atom stereocenters. The molecule has 0 aliphatic heterocycles. The van der Waals surface area contributed by atoms with Crippen molar-refractivity contribution in [1.29, 1.82) is 0 Å². The van der Waals surface area contributed by atoms with Crippen molar-refractivity contribution in [2.75, 3.05) is 0 Å². The number of para-hydroxylation sites is 1. The Balaban J connectivity index is 2.12. The smallest absolute Gasteiger partial charge is 0.387 e. The first-order valence-corrected chi connectivity index (χ1v) is 6.24. The fraction of sp³-hybridized carbons (Fsp3) is 0.133. The number of hydrogen-bond acceptors (Lipinski definition) is 2. The van der Waals surface area contributed by atoms with E-state index in [4.69, 9.17) is 0 Å². The number of rotatable bonds is 5. The topological polar surface area (TPSA) is 38.3 Å². The summed E-state index contributed by atoms with van der Waals surface area (Å²) in [5.74, 6) is -3.11. The standard InChI is InChI=1S/C15H11F4NO2/c16-10-5-3-6-11(17)13(10)14(21)20-8-9-4-1-2-7-12(9)22-15(18)19/h1-7,15H,8H2,(H,20,21). The van der Waals surface area contributed by atoms with Crippen molar-refractivity contribution in [3.63, 3.8) is 0 Å². The summed E-state index contributed by atoms with van der Waals surface area (Å²) in [5.41, 5.74) is -0.470. The Morgan fingerprint density at radius 1 is 1.05 bits per heavy atom. The average Bonchev–Trinajstić information content (AvgIpc) is 2.45. The largest absolute Gasteiger partial charge is 0.434 e. The number of carbonyl (C=O) groups excluding carboxylic acids is 1. The van der Waals surface area contributed by atoms with Gasteiger partial charge in [-0.05, 0) is 18.2 Å². The molecular formula is C15H11F4NO2. The lowest BCUT2D eigenvalue weighted by Gasteiger charge is -2.11. The van der Waals surface area contributed by atoms with Gasteiger partial charge in [0.25, 0.3) is 5.91 Å². The van der Waals surface area contributed by atoms with Crippen molar-refractivity contribution in [1.82, 2.24) is 5.32 Å². The number of benzene rings is 2. The molecule has 7 heteroatoms. The van der Waals surface area contributed by atoms with Crippen molar-refractivity contribution >= 4 is 5.91 Å². The maximum absolute atomic E-state index is 13.5. The van der Waals surface area contributed by atoms with Crippen LogP contribution in [0, 0.1) is 11.6 Å². The monoisotopic (exact) mass is 313 g/mol. The van der Waals surface area contributed by atoms with Crippen LogP contribution in [0.2, 0.25) is 0 Å². The predicted molar refractivity (Wildman–Crippen MR) is 70.6 cm³/mol. The predicted octanol–water partition coefficient (Wildman–Crippen LogP) is 3.50. The summed E-state index contributed by atoms with van der Waals surface area (Å²) in [4.78, 5) is 11.8. The summed E-state index contributed by atoms with van der Waals surface area (Å²) in [5, 5.41) is 2.27. The van der Waals surface area contributed by atoms with Crippen LogP contribution in [0.15, 0.2) is 42.5 Å². The normalized spacial score (nSPS) is 10.6. The number of carbonyl (C=O) groups is 1. The Labute approximate surface area is 123 Å². The molecule has 0 aliphatic rings. The zero-order valence-electron chi connectivity index (χ0n) is 11.2. The summed E-state index contributed by atoms with van der Waals surface area (Å²) in [6, 6.07) is 8.83. The number of nitrogens with one attached hydrogen (secondary N) is 1. The van der Waals surface area contributed by atoms with Crippen LogP contribution in [-0.2, 0) is 6.54 Å². The lowest BCUT2D eigenvalue weighted by atomic mass is 10.1. The van der Waals surface area contributed by atoms with Gasteiger partial charge in [0.2, 0.25) is 0 Å². The van der Waals surface area contributed by atoms with Crippen LogP contribution in [0.5, 0.6) is 5.75 Å². The van der Waals surface area contributed by atoms with Crippen LogP contribution in [0.25, 0.3) is 0 Å². The molecule has 116 valence electrons. The van der Waals surface area contributed by atoms with E-state index in [1.54, 1.807) is 6.07 Å². The Kier molecular flexibility index (Phi) is 4.98. The Bertz CT molecular complexity index is 656. The lowest BCUT2D eigenvalue weighted by molar-refractivity contribution is -0.0504. The number of alkyl halides is 2. The van der Waals surface area contributed by atoms with Gasteiger partial charge in [0.1, 0.15) is 22.9 Å². The van der Waals surface area contributed by atoms with Gasteiger partial charge in [-0.25, -0.2) is 8.78 Å². The van der Waals surface area contributed by atoms with Gasteiger partial charge in [-0.2, -0.15) is 8.78 Å². The van der Waals surface area contributed by atoms with Crippen LogP contribution in [0.3, 0.4) is 0 Å². The van der Waals surface area contributed by atoms with Gasteiger partial charge in [0, 0.05) is 12.1 Å². The molecule has 0 heterocycles. The van der Waals surface area contributed by atoms with Crippen molar-refractivity contribution in [2.45, 2.75) is 13.2 Å². The third-order valence-corrected chi connectivity index (χ3v) is 2.82. The second kappa shape index (κ2) is 6.93. The fourth-order valence-electron chi connectivity index (χ4n) is 1.84. The molecule has 0 bridgehead atoms. The highest BCUT2D eigenvalue weighted by Gasteiger charge is 2.17. The zero-order valence-corrected chi connectivity index (χ0v) is 11.2. The van der Waals surface area contributed by atoms with Gasteiger partial charge in [-0.15, -0.1) is 0 Å². The molecule has 0 aliphatic carbocycles. The number of hydrogen-bond donors (Lipinski definition) is 1. The quantitative estimate of drug-likeness (QED) is 0.858. The molecule has 1 amide bonds. The van der Waals surface area contributed by atoms with Crippen LogP contribution >= 0.6 is 0 Å². The molecule has 22 heavy (non-hydrogen) atoms. The third-order valence-electron chi connectivity index (χ3n) is 2.82. The number of amides is 1. The molecule has 3 nitrogen and oxygen atoms in total. The molecule has 0 atom stereocenters. The average molecular weight is 313 g/mol. The van der Waals surface area contributed by atoms with Crippen LogP contribution < -0.4 is 10.1 Å². The summed E-state index contributed by atoms with van der Waals surface area (Å²) in [7, 11) is 0. The lowest BCUT2D eigenvalue weighted by Crippen LogP contribution is -2.25. The Hall–Kier alpha value is -2.57. The fourth-order valence-corrected chi connectivity index (χ4v) is 1.84. The molecule has 2 rings (SSSR count). The first kappa shape index (κ1) is 15.8. The first-order valence-electron chi connectivity index (χ1n) is 6.24. The second-order valence-corrected chi connectivity index (χ2v) is 4.27. The van der Waals surface area contributed by atoms with E-state index in [9.17, 15) is 22.4 Å². The van der Waals surface area contributed by atoms with E-state index in [1.807, 2.05) is 0 Å². The van der Waals surface area contributed by atoms with Crippen LogP contribution in [0.1, 0.15) is 15.9 Å². The molecule has 2 aromatic rings. The van der Waals surface area contributed by atoms with Gasteiger partial charge in [-0.3, -0.25) is 4.79 Å². The maximum atomic E-state index is 13.5. The van der Waals surface area contributed by atoms with E-state index in [-0.39, 0.29) is 17.9 Å². The summed E-state index contributed by atoms with van der Waals surface area (Å²) in [6.45, 7) is -3.23. The second-order valence-electron chi connectivity index (χ2n) is 4.27. The van der Waals surface area contributed by atoms with Crippen molar-refractivity contribution in [3.05, 3.63) is 65.2 Å². The molecule has 2 aromatic carbocycles. The highest BCUT2D eigenvalue weighted by Crippen LogP contribution is 2.20. The van der Waals surface area contributed by atoms with Gasteiger partial charge < -0.3 is 10.1 Å². The van der Waals surface area contributed by atoms with Gasteiger partial charge in [-0.1, -0.05) is 24.3 Å². The highest BCUT2D eigenvalue weighted by atomic mass is 19.3. The minimum atomic E-state index is -3.01. The molecule has 0 spiro atoms. The van der Waals surface area contributed by atoms with E-state index in [0.717, 1.165) is 18.2 Å². The molecular weight excluding hydrogens is 302 g/mol. The minimum absolute atomic E-state index is 0.119. The summed E-state index contributed by atoms with van der Waals surface area (Å²) < 4.78 is 55.7. The third kappa shape index (κ3) is 3.75. The van der Waals surface area contributed by atoms with Crippen LogP contribution in [0.4, 0.5) is 17.6 Å². The van der Waals surface area contributed by atoms with Crippen LogP contribution in [-0.4, -0.2) is 12.5 Å². The number of ether oxygens (including phenoxy) is 1. The summed E-state index contributed by atoms with van der Waals surface area (Å²) in [6.07, 6.45) is 0. The molecule has 0 fully saturated rings. The summed E-state index contributed by atoms with van der Waals surface area (Å²) >= 11 is 0. The van der Waals surface area contributed by atoms with Gasteiger partial charge >= 0.3 is 6.61 Å². The van der Waals surface area contributed by atoms with Crippen molar-refractivity contribution < 1.29 is 27.1 Å². The molecule has 0 radical (unpaired) electrons. The molecule has 0 saturated carbocycles. The molecule has 0 aromatic heterocycles. The maximum Gasteiger partial charge on any atom is 0.387 e. The Morgan fingerprint density at radius 3 is 2.32 bits per heavy atom. The molecule has 0 saturated heterocycles.